The Morgan fingerprint density at radius 3 is 2.71 bits per heavy atom. The highest BCUT2D eigenvalue weighted by molar-refractivity contribution is 5.98. The lowest BCUT2D eigenvalue weighted by Crippen LogP contribution is -2.30. The SMILES string of the molecule is Cc1nc2c(cnn2C(C)C)cc1C(=O)N1CCC(CN)C1.Cl.Cl. The van der Waals surface area contributed by atoms with Crippen LogP contribution in [-0.2, 0) is 0 Å². The van der Waals surface area contributed by atoms with Crippen molar-refractivity contribution in [3.05, 3.63) is 23.5 Å². The second kappa shape index (κ2) is 8.14. The van der Waals surface area contributed by atoms with Gasteiger partial charge in [-0.2, -0.15) is 5.10 Å². The Morgan fingerprint density at radius 2 is 2.12 bits per heavy atom. The molecule has 1 aliphatic rings. The number of rotatable bonds is 3. The predicted octanol–water partition coefficient (Wildman–Crippen LogP) is 2.59. The summed E-state index contributed by atoms with van der Waals surface area (Å²) in [6.45, 7) is 8.20. The highest BCUT2D eigenvalue weighted by Crippen LogP contribution is 2.23. The minimum atomic E-state index is 0. The molecule has 3 rings (SSSR count). The number of aromatic nitrogens is 3. The number of hydrogen-bond acceptors (Lipinski definition) is 4. The van der Waals surface area contributed by atoms with Crippen molar-refractivity contribution >= 4 is 41.8 Å². The first-order valence-corrected chi connectivity index (χ1v) is 7.85. The highest BCUT2D eigenvalue weighted by Gasteiger charge is 2.27. The summed E-state index contributed by atoms with van der Waals surface area (Å²) in [5.41, 5.74) is 7.98. The van der Waals surface area contributed by atoms with Gasteiger partial charge in [-0.15, -0.1) is 24.8 Å². The number of hydrogen-bond donors (Lipinski definition) is 1. The normalized spacial score (nSPS) is 17.0. The fourth-order valence-corrected chi connectivity index (χ4v) is 3.04. The van der Waals surface area contributed by atoms with E-state index in [2.05, 4.69) is 23.9 Å². The number of nitrogens with two attached hydrogens (primary N) is 1. The smallest absolute Gasteiger partial charge is 0.255 e. The summed E-state index contributed by atoms with van der Waals surface area (Å²) in [6.07, 6.45) is 2.77. The summed E-state index contributed by atoms with van der Waals surface area (Å²) in [5.74, 6) is 0.477. The topological polar surface area (TPSA) is 77.0 Å². The average Bonchev–Trinajstić information content (AvgIpc) is 3.11. The molecular formula is C16H25Cl2N5O. The van der Waals surface area contributed by atoms with Crippen LogP contribution in [0.25, 0.3) is 11.0 Å². The van der Waals surface area contributed by atoms with Gasteiger partial charge in [-0.1, -0.05) is 0 Å². The number of carbonyl (C=O) groups is 1. The summed E-state index contributed by atoms with van der Waals surface area (Å²) in [7, 11) is 0. The van der Waals surface area contributed by atoms with Crippen LogP contribution in [-0.4, -0.2) is 45.2 Å². The lowest BCUT2D eigenvalue weighted by atomic mass is 10.1. The van der Waals surface area contributed by atoms with E-state index in [4.69, 9.17) is 5.73 Å². The van der Waals surface area contributed by atoms with Crippen LogP contribution in [0.3, 0.4) is 0 Å². The molecule has 1 fully saturated rings. The van der Waals surface area contributed by atoms with E-state index in [-0.39, 0.29) is 36.8 Å². The van der Waals surface area contributed by atoms with Crippen molar-refractivity contribution in [2.45, 2.75) is 33.2 Å². The van der Waals surface area contributed by atoms with Crippen LogP contribution >= 0.6 is 24.8 Å². The minimum absolute atomic E-state index is 0. The maximum atomic E-state index is 12.7. The molecule has 1 atom stereocenters. The molecule has 2 aromatic heterocycles. The van der Waals surface area contributed by atoms with Crippen molar-refractivity contribution < 1.29 is 4.79 Å². The molecule has 1 unspecified atom stereocenters. The third-order valence-electron chi connectivity index (χ3n) is 4.39. The Labute approximate surface area is 154 Å². The van der Waals surface area contributed by atoms with E-state index in [1.54, 1.807) is 6.20 Å². The molecule has 0 aromatic carbocycles. The lowest BCUT2D eigenvalue weighted by molar-refractivity contribution is 0.0786. The molecule has 1 aliphatic heterocycles. The van der Waals surface area contributed by atoms with Gasteiger partial charge in [-0.25, -0.2) is 9.67 Å². The second-order valence-electron chi connectivity index (χ2n) is 6.36. The van der Waals surface area contributed by atoms with Gasteiger partial charge in [-0.05, 0) is 45.7 Å². The zero-order valence-electron chi connectivity index (χ0n) is 14.2. The molecule has 24 heavy (non-hydrogen) atoms. The minimum Gasteiger partial charge on any atom is -0.338 e. The summed E-state index contributed by atoms with van der Waals surface area (Å²) in [4.78, 5) is 19.2. The molecule has 1 saturated heterocycles. The Morgan fingerprint density at radius 1 is 1.42 bits per heavy atom. The summed E-state index contributed by atoms with van der Waals surface area (Å²) in [5, 5.41) is 5.29. The van der Waals surface area contributed by atoms with E-state index in [1.165, 1.54) is 0 Å². The molecular weight excluding hydrogens is 349 g/mol. The highest BCUT2D eigenvalue weighted by atomic mass is 35.5. The number of aryl methyl sites for hydroxylation is 1. The first kappa shape index (κ1) is 20.7. The van der Waals surface area contributed by atoms with Gasteiger partial charge in [0.1, 0.15) is 0 Å². The van der Waals surface area contributed by atoms with Crippen LogP contribution in [0.15, 0.2) is 12.3 Å². The van der Waals surface area contributed by atoms with Crippen LogP contribution in [0.5, 0.6) is 0 Å². The van der Waals surface area contributed by atoms with Crippen LogP contribution in [0, 0.1) is 12.8 Å². The van der Waals surface area contributed by atoms with Gasteiger partial charge in [0.15, 0.2) is 5.65 Å². The van der Waals surface area contributed by atoms with E-state index in [9.17, 15) is 4.79 Å². The second-order valence-corrected chi connectivity index (χ2v) is 6.36. The van der Waals surface area contributed by atoms with Gasteiger partial charge in [-0.3, -0.25) is 4.79 Å². The Hall–Kier alpha value is -1.37. The molecule has 0 spiro atoms. The monoisotopic (exact) mass is 373 g/mol. The van der Waals surface area contributed by atoms with Gasteiger partial charge in [0.05, 0.1) is 17.5 Å². The predicted molar refractivity (Wildman–Crippen MR) is 100 cm³/mol. The zero-order chi connectivity index (χ0) is 15.9. The van der Waals surface area contributed by atoms with E-state index >= 15 is 0 Å². The number of halogens is 2. The van der Waals surface area contributed by atoms with Crippen molar-refractivity contribution in [2.75, 3.05) is 19.6 Å². The maximum absolute atomic E-state index is 12.7. The summed E-state index contributed by atoms with van der Waals surface area (Å²) in [6, 6.07) is 2.16. The summed E-state index contributed by atoms with van der Waals surface area (Å²) >= 11 is 0. The molecule has 2 N–H and O–H groups in total. The number of pyridine rings is 1. The molecule has 0 radical (unpaired) electrons. The third-order valence-corrected chi connectivity index (χ3v) is 4.39. The fourth-order valence-electron chi connectivity index (χ4n) is 3.04. The number of nitrogens with zero attached hydrogens (tertiary/aromatic N) is 4. The van der Waals surface area contributed by atoms with Crippen LogP contribution in [0.4, 0.5) is 0 Å². The van der Waals surface area contributed by atoms with Crippen LogP contribution in [0.1, 0.15) is 42.4 Å². The first-order chi connectivity index (χ1) is 10.5. The van der Waals surface area contributed by atoms with Gasteiger partial charge in [0, 0.05) is 24.5 Å². The lowest BCUT2D eigenvalue weighted by Gasteiger charge is -2.17. The van der Waals surface area contributed by atoms with E-state index in [0.29, 0.717) is 18.0 Å². The molecule has 0 bridgehead atoms. The van der Waals surface area contributed by atoms with E-state index in [1.807, 2.05) is 22.6 Å². The van der Waals surface area contributed by atoms with Crippen molar-refractivity contribution in [3.8, 4) is 0 Å². The van der Waals surface area contributed by atoms with Gasteiger partial charge >= 0.3 is 0 Å². The molecule has 1 amide bonds. The molecule has 3 heterocycles. The third kappa shape index (κ3) is 3.66. The molecule has 2 aromatic rings. The Balaban J connectivity index is 0.00000144. The molecule has 134 valence electrons. The van der Waals surface area contributed by atoms with Crippen molar-refractivity contribution in [1.29, 1.82) is 0 Å². The number of amides is 1. The van der Waals surface area contributed by atoms with Crippen molar-refractivity contribution in [3.63, 3.8) is 0 Å². The van der Waals surface area contributed by atoms with Crippen LogP contribution < -0.4 is 5.73 Å². The Kier molecular flexibility index (Phi) is 7.01. The number of carbonyl (C=O) groups excluding carboxylic acids is 1. The number of likely N-dealkylation sites (tertiary alicyclic amines) is 1. The maximum Gasteiger partial charge on any atom is 0.255 e. The average molecular weight is 374 g/mol. The van der Waals surface area contributed by atoms with Gasteiger partial charge < -0.3 is 10.6 Å². The molecule has 0 saturated carbocycles. The van der Waals surface area contributed by atoms with Gasteiger partial charge in [0.2, 0.25) is 0 Å². The van der Waals surface area contributed by atoms with E-state index < -0.39 is 0 Å². The summed E-state index contributed by atoms with van der Waals surface area (Å²) < 4.78 is 1.89. The standard InChI is InChI=1S/C16H23N5O.2ClH/c1-10(2)21-15-13(8-18-21)6-14(11(3)19-15)16(22)20-5-4-12(7-17)9-20;;/h6,8,10,12H,4-5,7,9,17H2,1-3H3;2*1H. The van der Waals surface area contributed by atoms with Crippen LogP contribution in [0.2, 0.25) is 0 Å². The Bertz CT molecular complexity index is 716. The quantitative estimate of drug-likeness (QED) is 0.896. The molecule has 8 heteroatoms. The largest absolute Gasteiger partial charge is 0.338 e. The van der Waals surface area contributed by atoms with Crippen molar-refractivity contribution in [2.24, 2.45) is 11.7 Å². The van der Waals surface area contributed by atoms with Crippen molar-refractivity contribution in [1.82, 2.24) is 19.7 Å². The fraction of sp³-hybridized carbons (Fsp3) is 0.562. The van der Waals surface area contributed by atoms with Gasteiger partial charge in [0.25, 0.3) is 5.91 Å². The first-order valence-electron chi connectivity index (χ1n) is 7.85. The number of fused-ring (bicyclic) bond motifs is 1. The molecule has 6 nitrogen and oxygen atoms in total. The van der Waals surface area contributed by atoms with E-state index in [0.717, 1.165) is 36.2 Å². The molecule has 0 aliphatic carbocycles. The zero-order valence-corrected chi connectivity index (χ0v) is 15.9.